The number of carbonyl (C=O) groups is 1. The Bertz CT molecular complexity index is 922. The number of ether oxygens (including phenoxy) is 3. The van der Waals surface area contributed by atoms with Crippen molar-refractivity contribution >= 4 is 12.0 Å². The smallest absolute Gasteiger partial charge is 0.426 e. The van der Waals surface area contributed by atoms with Gasteiger partial charge in [-0.05, 0) is 60.9 Å². The number of hydrogen-bond acceptors (Lipinski definition) is 4. The number of carbonyl (C=O) groups excluding carboxylic acids is 1. The second-order valence-electron chi connectivity index (χ2n) is 7.69. The molecular weight excluding hydrogens is 471 g/mol. The summed E-state index contributed by atoms with van der Waals surface area (Å²) in [5.74, 6) is -0.402. The predicted molar refractivity (Wildman–Crippen MR) is 122 cm³/mol. The number of halogens is 5. The van der Waals surface area contributed by atoms with Crippen molar-refractivity contribution in [3.8, 4) is 11.5 Å². The lowest BCUT2D eigenvalue weighted by atomic mass is 10.1. The van der Waals surface area contributed by atoms with Crippen LogP contribution in [0.4, 0.5) is 22.0 Å². The molecule has 0 aliphatic heterocycles. The van der Waals surface area contributed by atoms with E-state index in [1.807, 2.05) is 0 Å². The zero-order valence-electron chi connectivity index (χ0n) is 19.2. The van der Waals surface area contributed by atoms with E-state index < -0.39 is 30.2 Å². The molecule has 9 heteroatoms. The van der Waals surface area contributed by atoms with Crippen LogP contribution in [0, 0.1) is 6.92 Å². The summed E-state index contributed by atoms with van der Waals surface area (Å²) in [6, 6.07) is 10.4. The van der Waals surface area contributed by atoms with Gasteiger partial charge in [-0.25, -0.2) is 4.79 Å². The highest BCUT2D eigenvalue weighted by Crippen LogP contribution is 2.32. The number of unbranched alkanes of at least 4 members (excludes halogenated alkanes) is 3. The molecule has 0 aliphatic rings. The van der Waals surface area contributed by atoms with Crippen molar-refractivity contribution in [2.75, 3.05) is 13.2 Å². The van der Waals surface area contributed by atoms with Gasteiger partial charge in [-0.2, -0.15) is 22.0 Å². The van der Waals surface area contributed by atoms with Crippen molar-refractivity contribution in [2.24, 2.45) is 0 Å². The molecule has 2 aromatic rings. The quantitative estimate of drug-likeness (QED) is 0.117. The molecule has 0 spiro atoms. The van der Waals surface area contributed by atoms with Gasteiger partial charge in [-0.3, -0.25) is 0 Å². The first-order chi connectivity index (χ1) is 16.6. The molecular formula is C26H28F5O4. The van der Waals surface area contributed by atoms with Crippen LogP contribution in [0.2, 0.25) is 0 Å². The minimum Gasteiger partial charge on any atom is -0.494 e. The van der Waals surface area contributed by atoms with Gasteiger partial charge in [-0.15, -0.1) is 0 Å². The van der Waals surface area contributed by atoms with Crippen LogP contribution in [0.15, 0.2) is 54.6 Å². The average Bonchev–Trinajstić information content (AvgIpc) is 2.81. The molecule has 191 valence electrons. The van der Waals surface area contributed by atoms with Crippen LogP contribution in [-0.2, 0) is 15.6 Å². The Labute approximate surface area is 201 Å². The second kappa shape index (κ2) is 13.7. The van der Waals surface area contributed by atoms with Gasteiger partial charge in [0, 0.05) is 12.5 Å². The van der Waals surface area contributed by atoms with Crippen molar-refractivity contribution in [1.29, 1.82) is 0 Å². The number of hydrogen-bond donors (Lipinski definition) is 0. The summed E-state index contributed by atoms with van der Waals surface area (Å²) in [7, 11) is 0. The van der Waals surface area contributed by atoms with Crippen LogP contribution in [0.5, 0.6) is 11.5 Å². The lowest BCUT2D eigenvalue weighted by Crippen LogP contribution is -2.21. The summed E-state index contributed by atoms with van der Waals surface area (Å²) in [4.78, 5) is 11.7. The van der Waals surface area contributed by atoms with Crippen molar-refractivity contribution in [2.45, 2.75) is 50.8 Å². The van der Waals surface area contributed by atoms with Crippen molar-refractivity contribution in [3.05, 3.63) is 72.7 Å². The molecule has 4 nitrogen and oxygen atoms in total. The monoisotopic (exact) mass is 499 g/mol. The van der Waals surface area contributed by atoms with E-state index in [9.17, 15) is 26.7 Å². The zero-order chi connectivity index (χ0) is 25.7. The first-order valence-corrected chi connectivity index (χ1v) is 11.2. The van der Waals surface area contributed by atoms with Gasteiger partial charge in [0.25, 0.3) is 0 Å². The Morgan fingerprint density at radius 2 is 1.49 bits per heavy atom. The van der Waals surface area contributed by atoms with E-state index >= 15 is 0 Å². The molecule has 2 aromatic carbocycles. The van der Waals surface area contributed by atoms with E-state index in [0.717, 1.165) is 25.7 Å². The summed E-state index contributed by atoms with van der Waals surface area (Å²) < 4.78 is 80.5. The molecule has 2 rings (SSSR count). The molecule has 0 saturated carbocycles. The fourth-order valence-electron chi connectivity index (χ4n) is 2.90. The molecule has 0 aliphatic carbocycles. The van der Waals surface area contributed by atoms with Crippen LogP contribution in [0.25, 0.3) is 6.08 Å². The van der Waals surface area contributed by atoms with Gasteiger partial charge in [-0.1, -0.05) is 38.3 Å². The summed E-state index contributed by atoms with van der Waals surface area (Å²) in [5.41, 5.74) is 0.140. The minimum absolute atomic E-state index is 0.139. The highest BCUT2D eigenvalue weighted by molar-refractivity contribution is 5.87. The van der Waals surface area contributed by atoms with E-state index in [-0.39, 0.29) is 24.5 Å². The number of benzene rings is 2. The van der Waals surface area contributed by atoms with Crippen LogP contribution < -0.4 is 9.47 Å². The third kappa shape index (κ3) is 11.2. The van der Waals surface area contributed by atoms with Crippen molar-refractivity contribution in [3.63, 3.8) is 0 Å². The molecule has 0 amide bonds. The summed E-state index contributed by atoms with van der Waals surface area (Å²) >= 11 is 0. The maximum Gasteiger partial charge on any atom is 0.426 e. The molecule has 0 atom stereocenters. The fraction of sp³-hybridized carbons (Fsp3) is 0.385. The molecule has 35 heavy (non-hydrogen) atoms. The minimum atomic E-state index is -4.25. The Balaban J connectivity index is 1.83. The first kappa shape index (κ1) is 28.1. The van der Waals surface area contributed by atoms with Crippen LogP contribution in [-0.4, -0.2) is 25.4 Å². The maximum absolute atomic E-state index is 14.5. The van der Waals surface area contributed by atoms with E-state index in [0.29, 0.717) is 12.2 Å². The maximum atomic E-state index is 14.5. The molecule has 0 heterocycles. The van der Waals surface area contributed by atoms with Crippen LogP contribution >= 0.6 is 0 Å². The summed E-state index contributed by atoms with van der Waals surface area (Å²) in [5, 5.41) is 0. The number of alkyl halides is 5. The van der Waals surface area contributed by atoms with Gasteiger partial charge in [0.15, 0.2) is 0 Å². The molecule has 1 radical (unpaired) electrons. The Kier molecular flexibility index (Phi) is 11.0. The molecule has 0 N–H and O–H groups in total. The normalized spacial score (nSPS) is 12.1. The lowest BCUT2D eigenvalue weighted by Gasteiger charge is -2.18. The molecule has 0 bridgehead atoms. The fourth-order valence-corrected chi connectivity index (χ4v) is 2.90. The van der Waals surface area contributed by atoms with Gasteiger partial charge >= 0.3 is 18.3 Å². The SMILES string of the molecule is [CH2]CCCCCOC(=O)/C=C/c1ccc(C(F)(F)Oc2ccc(OCCCC(F)(F)F)cc2)cc1. The van der Waals surface area contributed by atoms with Crippen LogP contribution in [0.3, 0.4) is 0 Å². The van der Waals surface area contributed by atoms with Gasteiger partial charge < -0.3 is 14.2 Å². The standard InChI is InChI=1S/C26H28F5O4/c1-2-3-4-5-18-34-24(32)16-9-20-7-10-21(11-8-20)26(30,31)35-23-14-12-22(13-15-23)33-19-6-17-25(27,28)29/h7-16H,1-6,17-19H2/b16-9+. The van der Waals surface area contributed by atoms with E-state index in [4.69, 9.17) is 14.2 Å². The molecule has 0 aromatic heterocycles. The predicted octanol–water partition coefficient (Wildman–Crippen LogP) is 7.49. The summed E-state index contributed by atoms with van der Waals surface area (Å²) in [6.45, 7) is 3.91. The zero-order valence-corrected chi connectivity index (χ0v) is 19.2. The molecule has 0 saturated heterocycles. The number of esters is 1. The van der Waals surface area contributed by atoms with E-state index in [1.165, 1.54) is 60.7 Å². The Morgan fingerprint density at radius 3 is 2.11 bits per heavy atom. The van der Waals surface area contributed by atoms with Gasteiger partial charge in [0.05, 0.1) is 18.8 Å². The Hall–Kier alpha value is -3.10. The lowest BCUT2D eigenvalue weighted by molar-refractivity contribution is -0.185. The second-order valence-corrected chi connectivity index (χ2v) is 7.69. The van der Waals surface area contributed by atoms with Gasteiger partial charge in [0.1, 0.15) is 11.5 Å². The third-order valence-corrected chi connectivity index (χ3v) is 4.74. The topological polar surface area (TPSA) is 44.8 Å². The van der Waals surface area contributed by atoms with Crippen molar-refractivity contribution in [1.82, 2.24) is 0 Å². The average molecular weight is 499 g/mol. The van der Waals surface area contributed by atoms with E-state index in [1.54, 1.807) is 0 Å². The molecule has 0 unspecified atom stereocenters. The highest BCUT2D eigenvalue weighted by Gasteiger charge is 2.34. The number of rotatable bonds is 14. The summed E-state index contributed by atoms with van der Waals surface area (Å²) in [6.07, 6.45) is -2.85. The first-order valence-electron chi connectivity index (χ1n) is 11.2. The van der Waals surface area contributed by atoms with E-state index in [2.05, 4.69) is 6.92 Å². The highest BCUT2D eigenvalue weighted by atomic mass is 19.4. The Morgan fingerprint density at radius 1 is 0.829 bits per heavy atom. The third-order valence-electron chi connectivity index (χ3n) is 4.74. The van der Waals surface area contributed by atoms with Crippen LogP contribution in [0.1, 0.15) is 49.7 Å². The molecule has 0 fully saturated rings. The van der Waals surface area contributed by atoms with Gasteiger partial charge in [0.2, 0.25) is 0 Å². The van der Waals surface area contributed by atoms with Crippen molar-refractivity contribution < 1.29 is 41.0 Å². The largest absolute Gasteiger partial charge is 0.494 e.